The van der Waals surface area contributed by atoms with Crippen molar-refractivity contribution in [3.63, 3.8) is 0 Å². The van der Waals surface area contributed by atoms with E-state index in [-0.39, 0.29) is 17.1 Å². The number of hydrogen-bond acceptors (Lipinski definition) is 7. The number of oxime groups is 1. The average molecular weight is 705 g/mol. The molecule has 0 aliphatic heterocycles. The van der Waals surface area contributed by atoms with Gasteiger partial charge in [0.25, 0.3) is 0 Å². The molecule has 5 atom stereocenters. The minimum atomic E-state index is -4.71. The summed E-state index contributed by atoms with van der Waals surface area (Å²) in [5.41, 5.74) is 3.23. The summed E-state index contributed by atoms with van der Waals surface area (Å²) < 4.78 is 17.7. The van der Waals surface area contributed by atoms with E-state index in [4.69, 9.17) is 9.36 Å². The van der Waals surface area contributed by atoms with Crippen molar-refractivity contribution in [1.29, 1.82) is 0 Å². The third-order valence-electron chi connectivity index (χ3n) is 8.77. The van der Waals surface area contributed by atoms with Gasteiger partial charge in [-0.15, -0.1) is 11.3 Å². The van der Waals surface area contributed by atoms with E-state index in [0.29, 0.717) is 44.2 Å². The fourth-order valence-corrected chi connectivity index (χ4v) is 10.2. The third-order valence-corrected chi connectivity index (χ3v) is 11.4. The molecule has 3 N–H and O–H groups in total. The Morgan fingerprint density at radius 2 is 2.13 bits per heavy atom. The lowest BCUT2D eigenvalue weighted by molar-refractivity contribution is -0.116. The molecular weight excluding hydrogens is 673 g/mol. The number of halogens is 2. The number of carbonyl (C=O) groups excluding carboxylic acids is 1. The van der Waals surface area contributed by atoms with E-state index in [9.17, 15) is 19.1 Å². The van der Waals surface area contributed by atoms with Crippen LogP contribution in [0.2, 0.25) is 0 Å². The molecule has 39 heavy (non-hydrogen) atoms. The van der Waals surface area contributed by atoms with E-state index in [2.05, 4.69) is 54.2 Å². The number of nitrogens with one attached hydrogen (secondary N) is 1. The Morgan fingerprint density at radius 3 is 2.79 bits per heavy atom. The predicted octanol–water partition coefficient (Wildman–Crippen LogP) is 6.95. The first-order chi connectivity index (χ1) is 18.4. The van der Waals surface area contributed by atoms with E-state index >= 15 is 0 Å². The lowest BCUT2D eigenvalue weighted by atomic mass is 9.54. The average Bonchev–Trinajstić information content (AvgIpc) is 3.39. The van der Waals surface area contributed by atoms with E-state index in [1.807, 2.05) is 13.0 Å². The van der Waals surface area contributed by atoms with Gasteiger partial charge in [0.2, 0.25) is 5.91 Å². The number of fused-ring (bicyclic) bond motifs is 5. The molecule has 0 bridgehead atoms. The van der Waals surface area contributed by atoms with E-state index in [1.165, 1.54) is 16.9 Å². The second kappa shape index (κ2) is 11.2. The molecular formula is C26H32Br2N3O6PS. The topological polar surface area (TPSA) is 130 Å². The largest absolute Gasteiger partial charge is 0.524 e. The number of anilines is 1. The molecule has 5 rings (SSSR count). The Bertz CT molecular complexity index is 1360. The zero-order valence-electron chi connectivity index (χ0n) is 21.9. The van der Waals surface area contributed by atoms with Crippen LogP contribution in [0.15, 0.2) is 26.4 Å². The predicted molar refractivity (Wildman–Crippen MR) is 157 cm³/mol. The molecule has 0 spiro atoms. The summed E-state index contributed by atoms with van der Waals surface area (Å²) in [6.07, 6.45) is 7.40. The minimum absolute atomic E-state index is 0.0185. The van der Waals surface area contributed by atoms with Gasteiger partial charge in [-0.3, -0.25) is 14.6 Å². The standard InChI is InChI=1S/C26H32Br2N3O6PS/c1-13-12-29-25(39-13)30-21(32)7-4-14-10-20(31-36-3)26(2)9-8-15-16(22(14)26)5-6-17-18(15)11-19(27)24(23(17)28)37-38(33,34)35/h11-12,14-16,22H,4-10H2,1-3H3,(H,29,30,32)(H2,33,34,35)/b31-20+/t14-,15?,16?,22?,26-/m1/s1. The van der Waals surface area contributed by atoms with Crippen molar-refractivity contribution in [3.8, 4) is 5.75 Å². The zero-order chi connectivity index (χ0) is 28.1. The van der Waals surface area contributed by atoms with Gasteiger partial charge in [0.1, 0.15) is 7.11 Å². The van der Waals surface area contributed by atoms with Crippen molar-refractivity contribution in [3.05, 3.63) is 37.2 Å². The summed E-state index contributed by atoms with van der Waals surface area (Å²) in [7, 11) is -3.12. The quantitative estimate of drug-likeness (QED) is 0.210. The summed E-state index contributed by atoms with van der Waals surface area (Å²) >= 11 is 8.55. The number of rotatable bonds is 7. The van der Waals surface area contributed by atoms with Gasteiger partial charge >= 0.3 is 7.82 Å². The number of amides is 1. The monoisotopic (exact) mass is 703 g/mol. The van der Waals surface area contributed by atoms with Crippen LogP contribution in [0.4, 0.5) is 5.13 Å². The number of thiazole rings is 1. The number of carbonyl (C=O) groups is 1. The third kappa shape index (κ3) is 5.75. The number of phosphoric acid groups is 1. The molecule has 2 aromatic rings. The molecule has 212 valence electrons. The lowest BCUT2D eigenvalue weighted by Gasteiger charge is -2.50. The highest BCUT2D eigenvalue weighted by atomic mass is 79.9. The van der Waals surface area contributed by atoms with Crippen LogP contribution in [0.3, 0.4) is 0 Å². The molecule has 1 heterocycles. The number of aryl methyl sites for hydroxylation is 1. The Kier molecular flexibility index (Phi) is 8.37. The van der Waals surface area contributed by atoms with Crippen LogP contribution in [0.25, 0.3) is 0 Å². The van der Waals surface area contributed by atoms with Gasteiger partial charge in [-0.1, -0.05) is 12.1 Å². The normalized spacial score (nSPS) is 28.9. The highest BCUT2D eigenvalue weighted by molar-refractivity contribution is 9.11. The number of aromatic nitrogens is 1. The first-order valence-electron chi connectivity index (χ1n) is 13.0. The first kappa shape index (κ1) is 29.2. The van der Waals surface area contributed by atoms with Crippen molar-refractivity contribution >= 4 is 67.8 Å². The van der Waals surface area contributed by atoms with Crippen LogP contribution in [-0.2, 0) is 20.6 Å². The van der Waals surface area contributed by atoms with Gasteiger partial charge in [-0.2, -0.15) is 0 Å². The SMILES string of the molecule is CO/N=C1\C[C@@H](CCC(=O)Nc2ncc(C)s2)C2C3CCc4c(cc(Br)c(OP(=O)(O)O)c4Br)C3CC[C@]12C. The highest BCUT2D eigenvalue weighted by Gasteiger charge is 2.58. The lowest BCUT2D eigenvalue weighted by Crippen LogP contribution is -2.44. The Morgan fingerprint density at radius 1 is 1.36 bits per heavy atom. The van der Waals surface area contributed by atoms with Crippen LogP contribution in [0.1, 0.15) is 67.4 Å². The fraction of sp³-hybridized carbons (Fsp3) is 0.577. The first-order valence-corrected chi connectivity index (χ1v) is 16.9. The molecule has 1 amide bonds. The summed E-state index contributed by atoms with van der Waals surface area (Å²) in [6.45, 7) is 4.27. The molecule has 3 aliphatic carbocycles. The second-order valence-corrected chi connectivity index (χ2v) is 15.0. The van der Waals surface area contributed by atoms with Crippen LogP contribution in [0.5, 0.6) is 5.75 Å². The minimum Gasteiger partial charge on any atom is -0.402 e. The summed E-state index contributed by atoms with van der Waals surface area (Å²) in [5, 5.41) is 8.06. The summed E-state index contributed by atoms with van der Waals surface area (Å²) in [4.78, 5) is 42.2. The molecule has 13 heteroatoms. The van der Waals surface area contributed by atoms with Crippen LogP contribution < -0.4 is 9.84 Å². The molecule has 1 aromatic heterocycles. The van der Waals surface area contributed by atoms with E-state index in [0.717, 1.165) is 54.7 Å². The maximum Gasteiger partial charge on any atom is 0.524 e. The van der Waals surface area contributed by atoms with Gasteiger partial charge in [0.05, 0.1) is 14.7 Å². The van der Waals surface area contributed by atoms with Gasteiger partial charge < -0.3 is 14.7 Å². The Balaban J connectivity index is 1.41. The van der Waals surface area contributed by atoms with Crippen molar-refractivity contribution < 1.29 is 28.5 Å². The number of phosphoric ester groups is 1. The molecule has 0 radical (unpaired) electrons. The van der Waals surface area contributed by atoms with Crippen LogP contribution in [-0.4, -0.2) is 33.5 Å². The molecule has 0 saturated heterocycles. The Hall–Kier alpha value is -1.30. The van der Waals surface area contributed by atoms with Crippen LogP contribution in [0, 0.1) is 30.1 Å². The molecule has 2 saturated carbocycles. The summed E-state index contributed by atoms with van der Waals surface area (Å²) in [6, 6.07) is 1.97. The van der Waals surface area contributed by atoms with E-state index < -0.39 is 7.82 Å². The second-order valence-electron chi connectivity index (χ2n) is 11.0. The molecule has 1 aromatic carbocycles. The fourth-order valence-electron chi connectivity index (χ4n) is 7.34. The van der Waals surface area contributed by atoms with Gasteiger partial charge in [0.15, 0.2) is 10.9 Å². The highest BCUT2D eigenvalue weighted by Crippen LogP contribution is 2.63. The number of hydrogen-bond donors (Lipinski definition) is 3. The van der Waals surface area contributed by atoms with Crippen LogP contribution >= 0.6 is 51.0 Å². The van der Waals surface area contributed by atoms with E-state index in [1.54, 1.807) is 13.3 Å². The molecule has 3 unspecified atom stereocenters. The van der Waals surface area contributed by atoms with Crippen molar-refractivity contribution in [2.45, 2.75) is 64.7 Å². The Labute approximate surface area is 248 Å². The molecule has 2 fully saturated rings. The summed E-state index contributed by atoms with van der Waals surface area (Å²) in [5.74, 6) is 1.44. The van der Waals surface area contributed by atoms with Crippen molar-refractivity contribution in [2.24, 2.45) is 28.3 Å². The molecule has 9 nitrogen and oxygen atoms in total. The van der Waals surface area contributed by atoms with Crippen molar-refractivity contribution in [2.75, 3.05) is 12.4 Å². The smallest absolute Gasteiger partial charge is 0.402 e. The number of nitrogens with zero attached hydrogens (tertiary/aromatic N) is 2. The van der Waals surface area contributed by atoms with Gasteiger partial charge in [-0.25, -0.2) is 9.55 Å². The maximum absolute atomic E-state index is 12.8. The number of benzene rings is 1. The van der Waals surface area contributed by atoms with Gasteiger partial charge in [-0.05, 0) is 118 Å². The maximum atomic E-state index is 12.8. The van der Waals surface area contributed by atoms with Crippen molar-refractivity contribution in [1.82, 2.24) is 4.98 Å². The molecule has 3 aliphatic rings. The van der Waals surface area contributed by atoms with Gasteiger partial charge in [0, 0.05) is 22.9 Å². The zero-order valence-corrected chi connectivity index (χ0v) is 26.8.